The average Bonchev–Trinajstić information content (AvgIpc) is 2.19. The first kappa shape index (κ1) is 11.9. The van der Waals surface area contributed by atoms with Gasteiger partial charge in [-0.3, -0.25) is 0 Å². The van der Waals surface area contributed by atoms with Gasteiger partial charge in [-0.15, -0.1) is 0 Å². The summed E-state index contributed by atoms with van der Waals surface area (Å²) in [6.45, 7) is 0. The zero-order valence-electron chi connectivity index (χ0n) is 7.39. The second-order valence-electron chi connectivity index (χ2n) is 2.89. The molecule has 1 rings (SSSR count). The fourth-order valence-electron chi connectivity index (χ4n) is 1.05. The first-order valence-electron chi connectivity index (χ1n) is 3.97. The summed E-state index contributed by atoms with van der Waals surface area (Å²) in [6, 6.07) is 3.11. The summed E-state index contributed by atoms with van der Waals surface area (Å²) >= 11 is 5.61. The number of benzene rings is 1. The Morgan fingerprint density at radius 2 is 2.00 bits per heavy atom. The molecule has 0 aliphatic rings. The Balaban J connectivity index is 3.04. The van der Waals surface area contributed by atoms with E-state index < -0.39 is 24.0 Å². The van der Waals surface area contributed by atoms with E-state index in [0.717, 1.165) is 12.1 Å². The van der Waals surface area contributed by atoms with Crippen LogP contribution in [0.3, 0.4) is 0 Å². The molecule has 1 aromatic rings. The lowest BCUT2D eigenvalue weighted by Gasteiger charge is -2.15. The van der Waals surface area contributed by atoms with Crippen LogP contribution in [0, 0.1) is 5.82 Å². The maximum absolute atomic E-state index is 12.8. The predicted octanol–water partition coefficient (Wildman–Crippen LogP) is 0.958. The van der Waals surface area contributed by atoms with E-state index in [1.807, 2.05) is 0 Å². The molecule has 0 saturated heterocycles. The van der Waals surface area contributed by atoms with Crippen LogP contribution in [0.4, 0.5) is 4.39 Å². The summed E-state index contributed by atoms with van der Waals surface area (Å²) < 4.78 is 12.8. The van der Waals surface area contributed by atoms with E-state index in [-0.39, 0.29) is 10.6 Å². The summed E-state index contributed by atoms with van der Waals surface area (Å²) in [4.78, 5) is 10.4. The van der Waals surface area contributed by atoms with Crippen LogP contribution in [0.1, 0.15) is 11.7 Å². The third kappa shape index (κ3) is 2.65. The number of hydrogen-bond acceptors (Lipinski definition) is 3. The molecule has 0 aliphatic heterocycles. The predicted molar refractivity (Wildman–Crippen MR) is 50.0 cm³/mol. The Labute approximate surface area is 89.5 Å². The molecular formula is C9H8ClFO4. The van der Waals surface area contributed by atoms with Crippen molar-refractivity contribution in [3.8, 4) is 0 Å². The molecule has 0 fully saturated rings. The molecule has 0 heterocycles. The minimum atomic E-state index is -2.04. The van der Waals surface area contributed by atoms with Crippen molar-refractivity contribution in [1.82, 2.24) is 0 Å². The van der Waals surface area contributed by atoms with Gasteiger partial charge in [0.15, 0.2) is 6.10 Å². The van der Waals surface area contributed by atoms with Gasteiger partial charge in [-0.2, -0.15) is 0 Å². The van der Waals surface area contributed by atoms with Gasteiger partial charge in [0.05, 0.1) is 0 Å². The van der Waals surface area contributed by atoms with Gasteiger partial charge in [-0.25, -0.2) is 9.18 Å². The molecule has 4 nitrogen and oxygen atoms in total. The van der Waals surface area contributed by atoms with Crippen LogP contribution in [-0.4, -0.2) is 27.4 Å². The molecule has 3 N–H and O–H groups in total. The molecule has 2 unspecified atom stereocenters. The van der Waals surface area contributed by atoms with Crippen LogP contribution < -0.4 is 0 Å². The number of carboxylic acid groups (broad SMARTS) is 1. The third-order valence-electron chi connectivity index (χ3n) is 1.83. The van der Waals surface area contributed by atoms with E-state index >= 15 is 0 Å². The molecule has 2 atom stereocenters. The van der Waals surface area contributed by atoms with Gasteiger partial charge in [-0.1, -0.05) is 11.6 Å². The van der Waals surface area contributed by atoms with Crippen LogP contribution in [0.15, 0.2) is 18.2 Å². The van der Waals surface area contributed by atoms with Crippen molar-refractivity contribution in [1.29, 1.82) is 0 Å². The summed E-state index contributed by atoms with van der Waals surface area (Å²) in [5.74, 6) is -2.28. The van der Waals surface area contributed by atoms with Gasteiger partial charge >= 0.3 is 5.97 Å². The maximum Gasteiger partial charge on any atom is 0.335 e. The number of carboxylic acids is 1. The van der Waals surface area contributed by atoms with Gasteiger partial charge in [0.1, 0.15) is 11.9 Å². The van der Waals surface area contributed by atoms with Gasteiger partial charge in [0.25, 0.3) is 0 Å². The summed E-state index contributed by atoms with van der Waals surface area (Å²) in [6.07, 6.45) is -3.80. The van der Waals surface area contributed by atoms with E-state index in [0.29, 0.717) is 0 Å². The molecule has 0 radical (unpaired) electrons. The van der Waals surface area contributed by atoms with E-state index in [1.54, 1.807) is 0 Å². The second kappa shape index (κ2) is 4.57. The quantitative estimate of drug-likeness (QED) is 0.728. The summed E-state index contributed by atoms with van der Waals surface area (Å²) in [5, 5.41) is 26.8. The molecule has 6 heteroatoms. The molecule has 0 aliphatic carbocycles. The van der Waals surface area contributed by atoms with Crippen molar-refractivity contribution in [2.24, 2.45) is 0 Å². The van der Waals surface area contributed by atoms with E-state index in [1.165, 1.54) is 6.07 Å². The summed E-state index contributed by atoms with van der Waals surface area (Å²) in [5.41, 5.74) is -0.161. The molecular weight excluding hydrogens is 227 g/mol. The van der Waals surface area contributed by atoms with Crippen LogP contribution >= 0.6 is 11.6 Å². The van der Waals surface area contributed by atoms with Gasteiger partial charge in [0.2, 0.25) is 0 Å². The number of aliphatic hydroxyl groups excluding tert-OH is 2. The molecule has 15 heavy (non-hydrogen) atoms. The van der Waals surface area contributed by atoms with Crippen molar-refractivity contribution in [3.05, 3.63) is 34.6 Å². The normalized spacial score (nSPS) is 14.7. The first-order valence-corrected chi connectivity index (χ1v) is 4.35. The summed E-state index contributed by atoms with van der Waals surface area (Å²) in [7, 11) is 0. The lowest BCUT2D eigenvalue weighted by atomic mass is 10.0. The minimum absolute atomic E-state index is 0.01000. The molecule has 82 valence electrons. The molecule has 0 saturated carbocycles. The molecule has 1 aromatic carbocycles. The molecule has 0 amide bonds. The van der Waals surface area contributed by atoms with Crippen molar-refractivity contribution in [3.63, 3.8) is 0 Å². The second-order valence-corrected chi connectivity index (χ2v) is 3.30. The van der Waals surface area contributed by atoms with E-state index in [4.69, 9.17) is 21.8 Å². The number of rotatable bonds is 3. The zero-order chi connectivity index (χ0) is 11.6. The number of halogens is 2. The first-order chi connectivity index (χ1) is 6.93. The van der Waals surface area contributed by atoms with Crippen LogP contribution in [0.5, 0.6) is 0 Å². The zero-order valence-corrected chi connectivity index (χ0v) is 8.15. The van der Waals surface area contributed by atoms with Crippen LogP contribution in [0.25, 0.3) is 0 Å². The van der Waals surface area contributed by atoms with Crippen molar-refractivity contribution >= 4 is 17.6 Å². The topological polar surface area (TPSA) is 77.8 Å². The smallest absolute Gasteiger partial charge is 0.335 e. The Kier molecular flexibility index (Phi) is 3.62. The average molecular weight is 235 g/mol. The minimum Gasteiger partial charge on any atom is -0.479 e. The highest BCUT2D eigenvalue weighted by molar-refractivity contribution is 6.31. The SMILES string of the molecule is O=C(O)C(O)C(O)c1cc(F)ccc1Cl. The van der Waals surface area contributed by atoms with Gasteiger partial charge in [-0.05, 0) is 18.2 Å². The number of aliphatic hydroxyl groups is 2. The third-order valence-corrected chi connectivity index (χ3v) is 2.17. The fourth-order valence-corrected chi connectivity index (χ4v) is 1.28. The molecule has 0 aromatic heterocycles. The molecule has 0 bridgehead atoms. The Bertz CT molecular complexity index is 382. The standard InChI is InChI=1S/C9H8ClFO4/c10-6-2-1-4(11)3-5(6)7(12)8(13)9(14)15/h1-3,7-8,12-13H,(H,14,15). The fraction of sp³-hybridized carbons (Fsp3) is 0.222. The Hall–Kier alpha value is -1.17. The van der Waals surface area contributed by atoms with E-state index in [9.17, 15) is 14.3 Å². The Morgan fingerprint density at radius 3 is 2.53 bits per heavy atom. The van der Waals surface area contributed by atoms with Crippen molar-refractivity contribution < 1.29 is 24.5 Å². The lowest BCUT2D eigenvalue weighted by Crippen LogP contribution is -2.27. The molecule has 0 spiro atoms. The number of carbonyl (C=O) groups is 1. The Morgan fingerprint density at radius 1 is 1.40 bits per heavy atom. The van der Waals surface area contributed by atoms with Crippen molar-refractivity contribution in [2.75, 3.05) is 0 Å². The van der Waals surface area contributed by atoms with Gasteiger partial charge < -0.3 is 15.3 Å². The highest BCUT2D eigenvalue weighted by atomic mass is 35.5. The monoisotopic (exact) mass is 234 g/mol. The van der Waals surface area contributed by atoms with Crippen LogP contribution in [-0.2, 0) is 4.79 Å². The maximum atomic E-state index is 12.8. The highest BCUT2D eigenvalue weighted by Crippen LogP contribution is 2.26. The number of hydrogen-bond donors (Lipinski definition) is 3. The largest absolute Gasteiger partial charge is 0.479 e. The highest BCUT2D eigenvalue weighted by Gasteiger charge is 2.27. The van der Waals surface area contributed by atoms with Gasteiger partial charge in [0, 0.05) is 10.6 Å². The number of aliphatic carboxylic acids is 1. The van der Waals surface area contributed by atoms with Crippen LogP contribution in [0.2, 0.25) is 5.02 Å². The van der Waals surface area contributed by atoms with Crippen molar-refractivity contribution in [2.45, 2.75) is 12.2 Å². The van der Waals surface area contributed by atoms with E-state index in [2.05, 4.69) is 0 Å². The lowest BCUT2D eigenvalue weighted by molar-refractivity contribution is -0.153.